The van der Waals surface area contributed by atoms with E-state index in [0.29, 0.717) is 24.5 Å². The van der Waals surface area contributed by atoms with Crippen molar-refractivity contribution in [2.24, 2.45) is 9.98 Å². The Morgan fingerprint density at radius 3 is 0.609 bits per heavy atom. The van der Waals surface area contributed by atoms with E-state index in [1.165, 1.54) is 0 Å². The molecule has 0 unspecified atom stereocenters. The SMILES string of the molecule is Fc1c(F)c(F)c([B-](CC(=N[C@H]2CCCC[C@@H]2N=C(C[B-](c2c(F)c(F)c(F)c(F)c2F)(c2c(F)c(F)c(F)c(F)c2F)c2c(F)c(F)c(F)c(F)c2F)c2ccccn2)c2ccccn2)(c2c(F)c(F)c(F)c(F)c2F)c2c(F)c(F)c(F)c(F)c2F)c(F)c1F. The van der Waals surface area contributed by atoms with Crippen LogP contribution in [0.3, 0.4) is 0 Å². The number of nitrogens with zero attached hydrogens (tertiary/aromatic N) is 4. The summed E-state index contributed by atoms with van der Waals surface area (Å²) in [5.41, 5.74) is -24.3. The average molecular weight is 1340 g/mol. The predicted octanol–water partition coefficient (Wildman–Crippen LogP) is 12.6. The van der Waals surface area contributed by atoms with Crippen molar-refractivity contribution in [1.29, 1.82) is 0 Å². The fraction of sp³-hybridized carbons (Fsp3) is 0.143. The maximum Gasteiger partial charge on any atom is 0.200 e. The van der Waals surface area contributed by atoms with Crippen LogP contribution in [-0.4, -0.2) is 45.8 Å². The minimum atomic E-state index is -6.54. The molecule has 0 spiro atoms. The van der Waals surface area contributed by atoms with Crippen molar-refractivity contribution in [1.82, 2.24) is 9.97 Å². The van der Waals surface area contributed by atoms with E-state index < -0.39 is 280 Å². The first-order valence-electron chi connectivity index (χ1n) is 25.6. The van der Waals surface area contributed by atoms with E-state index in [1.54, 1.807) is 0 Å². The van der Waals surface area contributed by atoms with E-state index in [9.17, 15) is 26.3 Å². The molecule has 8 aromatic rings. The lowest BCUT2D eigenvalue weighted by Crippen LogP contribution is -2.74. The maximum absolute atomic E-state index is 16.8. The summed E-state index contributed by atoms with van der Waals surface area (Å²) in [6.07, 6.45) is -19.5. The van der Waals surface area contributed by atoms with Gasteiger partial charge in [-0.3, -0.25) is 20.0 Å². The molecule has 0 aliphatic heterocycles. The zero-order valence-corrected chi connectivity index (χ0v) is 44.3. The lowest BCUT2D eigenvalue weighted by atomic mass is 9.13. The molecule has 1 saturated carbocycles. The highest BCUT2D eigenvalue weighted by molar-refractivity contribution is 7.14. The third-order valence-electron chi connectivity index (χ3n) is 15.7. The van der Waals surface area contributed by atoms with Crippen LogP contribution in [0, 0.1) is 175 Å². The van der Waals surface area contributed by atoms with Crippen molar-refractivity contribution in [2.75, 3.05) is 0 Å². The first-order chi connectivity index (χ1) is 43.2. The molecule has 1 aliphatic rings. The minimum absolute atomic E-state index is 0.356. The van der Waals surface area contributed by atoms with Crippen LogP contribution in [0.1, 0.15) is 37.1 Å². The molecule has 92 heavy (non-hydrogen) atoms. The van der Waals surface area contributed by atoms with Gasteiger partial charge in [-0.25, -0.2) is 132 Å². The van der Waals surface area contributed by atoms with E-state index >= 15 is 105 Å². The van der Waals surface area contributed by atoms with E-state index in [0.717, 1.165) is 24.3 Å². The third kappa shape index (κ3) is 10.3. The Morgan fingerprint density at radius 1 is 0.272 bits per heavy atom. The monoisotopic (exact) mass is 1340 g/mol. The van der Waals surface area contributed by atoms with E-state index in [-0.39, 0.29) is 12.8 Å². The molecule has 0 radical (unpaired) electrons. The summed E-state index contributed by atoms with van der Waals surface area (Å²) in [4.78, 5) is 15.8. The van der Waals surface area contributed by atoms with Gasteiger partial charge in [0.1, 0.15) is 82.1 Å². The van der Waals surface area contributed by atoms with Gasteiger partial charge in [-0.05, 0) is 37.1 Å². The molecule has 2 aromatic heterocycles. The highest BCUT2D eigenvalue weighted by Gasteiger charge is 2.52. The summed E-state index contributed by atoms with van der Waals surface area (Å²) in [5, 5.41) is 0. The van der Waals surface area contributed by atoms with Crippen LogP contribution in [-0.2, 0) is 0 Å². The van der Waals surface area contributed by atoms with Crippen molar-refractivity contribution in [3.63, 3.8) is 0 Å². The summed E-state index contributed by atoms with van der Waals surface area (Å²) in [5.74, 6) is -102. The zero-order valence-electron chi connectivity index (χ0n) is 44.3. The van der Waals surface area contributed by atoms with Crippen molar-refractivity contribution < 1.29 is 132 Å². The Kier molecular flexibility index (Phi) is 18.2. The van der Waals surface area contributed by atoms with Crippen LogP contribution >= 0.6 is 0 Å². The number of benzene rings is 6. The summed E-state index contributed by atoms with van der Waals surface area (Å²) in [7, 11) is 0. The Balaban J connectivity index is 1.46. The summed E-state index contributed by atoms with van der Waals surface area (Å²) in [6.45, 7) is 0. The molecule has 2 heterocycles. The predicted molar refractivity (Wildman–Crippen MR) is 264 cm³/mol. The molecule has 0 amide bonds. The fourth-order valence-corrected chi connectivity index (χ4v) is 11.7. The number of halogens is 30. The Hall–Kier alpha value is -9.01. The number of pyridine rings is 2. The standard InChI is InChI=1S/C56H22B2F30N4/c59-27-21(28(60)40(72)51(83)39(27)71)57(22-29(61)41(73)52(84)42(74)30(22)62,23-31(63)43(75)53(85)44(76)32(23)64)13-19(15-7-3-5-11-89-15)91-17-9-1-2-10-18(17)92-20(16-8-4-6-12-90-16)14-58(24-33(65)45(77)54(86)46(78)34(24)66,25-35(67)47(79)55(87)48(80)36(25)68)26-37(69)49(81)56(88)50(82)38(26)70/h3-8,11-12,17-18H,1-2,9-10,13-14H2/q-2/t17-,18-/m0/s1. The van der Waals surface area contributed by atoms with Gasteiger partial charge in [-0.15, -0.1) is 45.4 Å². The Bertz CT molecular complexity index is 3670. The van der Waals surface area contributed by atoms with Crippen LogP contribution < -0.4 is 32.8 Å². The van der Waals surface area contributed by atoms with Crippen LogP contribution in [0.15, 0.2) is 58.8 Å². The van der Waals surface area contributed by atoms with Gasteiger partial charge in [0.2, 0.25) is 0 Å². The number of aliphatic imine (C=N–C) groups is 2. The normalized spacial score (nSPS) is 15.1. The van der Waals surface area contributed by atoms with Crippen molar-refractivity contribution in [3.05, 3.63) is 235 Å². The van der Waals surface area contributed by atoms with Crippen LogP contribution in [0.4, 0.5) is 132 Å². The Morgan fingerprint density at radius 2 is 0.446 bits per heavy atom. The summed E-state index contributed by atoms with van der Waals surface area (Å²) in [6, 6.07) is 0.133. The van der Waals surface area contributed by atoms with Crippen LogP contribution in [0.25, 0.3) is 0 Å². The molecule has 4 nitrogen and oxygen atoms in total. The van der Waals surface area contributed by atoms with Gasteiger partial charge in [0.25, 0.3) is 0 Å². The highest BCUT2D eigenvalue weighted by Crippen LogP contribution is 2.36. The molecule has 6 aromatic carbocycles. The second-order valence-electron chi connectivity index (χ2n) is 20.4. The first kappa shape index (κ1) is 67.4. The number of aromatic nitrogens is 2. The molecule has 9 rings (SSSR count). The van der Waals surface area contributed by atoms with Crippen molar-refractivity contribution in [2.45, 2.75) is 50.4 Å². The van der Waals surface area contributed by atoms with E-state index in [4.69, 9.17) is 0 Å². The lowest BCUT2D eigenvalue weighted by molar-refractivity contribution is 0.379. The third-order valence-corrected chi connectivity index (χ3v) is 15.7. The molecule has 0 bridgehead atoms. The molecule has 1 fully saturated rings. The maximum atomic E-state index is 16.8. The molecule has 484 valence electrons. The minimum Gasteiger partial charge on any atom is -0.285 e. The van der Waals surface area contributed by atoms with Gasteiger partial charge in [0.15, 0.2) is 105 Å². The molecular weight excluding hydrogens is 1320 g/mol. The zero-order chi connectivity index (χ0) is 68.0. The smallest absolute Gasteiger partial charge is 0.200 e. The van der Waals surface area contributed by atoms with Gasteiger partial charge < -0.3 is 0 Å². The second-order valence-corrected chi connectivity index (χ2v) is 20.4. The van der Waals surface area contributed by atoms with Crippen LogP contribution in [0.5, 0.6) is 0 Å². The quantitative estimate of drug-likeness (QED) is 0.0358. The van der Waals surface area contributed by atoms with E-state index in [1.807, 2.05) is 0 Å². The van der Waals surface area contributed by atoms with Gasteiger partial charge in [0.05, 0.1) is 23.5 Å². The lowest BCUT2D eigenvalue weighted by Gasteiger charge is -2.44. The fourth-order valence-electron chi connectivity index (χ4n) is 11.7. The van der Waals surface area contributed by atoms with Gasteiger partial charge in [-0.1, -0.05) is 25.0 Å². The molecule has 0 N–H and O–H groups in total. The summed E-state index contributed by atoms with van der Waals surface area (Å²) >= 11 is 0. The van der Waals surface area contributed by atoms with Crippen molar-refractivity contribution >= 4 is 56.5 Å². The molecular formula is C56H22B2F30N4-2. The molecule has 36 heteroatoms. The molecule has 0 saturated heterocycles. The first-order valence-corrected chi connectivity index (χ1v) is 25.6. The number of hydrogen-bond acceptors (Lipinski definition) is 4. The highest BCUT2D eigenvalue weighted by atomic mass is 19.2. The Labute approximate surface area is 492 Å². The second kappa shape index (κ2) is 24.9. The van der Waals surface area contributed by atoms with Crippen LogP contribution in [0.2, 0.25) is 12.6 Å². The van der Waals surface area contributed by atoms with Gasteiger partial charge in [-0.2, -0.15) is 0 Å². The van der Waals surface area contributed by atoms with Gasteiger partial charge >= 0.3 is 0 Å². The largest absolute Gasteiger partial charge is 0.285 e. The van der Waals surface area contributed by atoms with E-state index in [2.05, 4.69) is 20.0 Å². The molecule has 2 atom stereocenters. The summed E-state index contributed by atoms with van der Waals surface area (Å²) < 4.78 is 478. The number of hydrogen-bond donors (Lipinski definition) is 0. The molecule has 1 aliphatic carbocycles. The van der Waals surface area contributed by atoms with Crippen molar-refractivity contribution in [3.8, 4) is 0 Å². The topological polar surface area (TPSA) is 50.5 Å². The van der Waals surface area contributed by atoms with Gasteiger partial charge in [0, 0.05) is 23.8 Å². The average Bonchev–Trinajstić information content (AvgIpc) is 0.705. The number of rotatable bonds is 14.